The molecule has 2 rings (SSSR count). The molecule has 0 saturated heterocycles. The van der Waals surface area contributed by atoms with E-state index >= 15 is 0 Å². The molecule has 0 bridgehead atoms. The quantitative estimate of drug-likeness (QED) is 0.457. The lowest BCUT2D eigenvalue weighted by molar-refractivity contribution is 0.0817. The van der Waals surface area contributed by atoms with Crippen LogP contribution in [0.1, 0.15) is 26.3 Å². The maximum Gasteiger partial charge on any atom is 0.233 e. The first-order chi connectivity index (χ1) is 8.58. The normalized spacial score (nSPS) is 10.1. The molecule has 0 fully saturated rings. The van der Waals surface area contributed by atoms with E-state index in [1.165, 1.54) is 0 Å². The summed E-state index contributed by atoms with van der Waals surface area (Å²) in [6.45, 7) is 1.94. The highest BCUT2D eigenvalue weighted by Gasteiger charge is 2.17. The van der Waals surface area contributed by atoms with Crippen molar-refractivity contribution in [2.75, 3.05) is 0 Å². The third-order valence-corrected chi connectivity index (χ3v) is 2.83. The van der Waals surface area contributed by atoms with Crippen LogP contribution in [0.2, 0.25) is 0 Å². The third-order valence-electron chi connectivity index (χ3n) is 2.83. The molecular formula is C15H13BO2. The molecule has 0 saturated carbocycles. The van der Waals surface area contributed by atoms with Gasteiger partial charge in [-0.3, -0.25) is 9.59 Å². The molecule has 0 unspecified atom stereocenters. The molecule has 88 valence electrons. The summed E-state index contributed by atoms with van der Waals surface area (Å²) in [4.78, 5) is 24.0. The third kappa shape index (κ3) is 2.56. The second-order valence-corrected chi connectivity index (χ2v) is 4.39. The van der Waals surface area contributed by atoms with E-state index in [0.717, 1.165) is 11.0 Å². The van der Waals surface area contributed by atoms with Gasteiger partial charge < -0.3 is 0 Å². The van der Waals surface area contributed by atoms with Gasteiger partial charge in [0.1, 0.15) is 7.85 Å². The summed E-state index contributed by atoms with van der Waals surface area (Å²) in [7, 11) is 1.94. The monoisotopic (exact) mass is 236 g/mol. The summed E-state index contributed by atoms with van der Waals surface area (Å²) >= 11 is 0. The maximum atomic E-state index is 12.0. The summed E-state index contributed by atoms with van der Waals surface area (Å²) in [6.07, 6.45) is 0. The zero-order chi connectivity index (χ0) is 13.1. The minimum absolute atomic E-state index is 0.436. The molecule has 0 aromatic heterocycles. The first-order valence-electron chi connectivity index (χ1n) is 5.80. The van der Waals surface area contributed by atoms with E-state index in [9.17, 15) is 9.59 Å². The van der Waals surface area contributed by atoms with Gasteiger partial charge in [0.2, 0.25) is 11.6 Å². The van der Waals surface area contributed by atoms with Crippen LogP contribution in [0.3, 0.4) is 0 Å². The predicted octanol–water partition coefficient (Wildman–Crippen LogP) is 1.32. The van der Waals surface area contributed by atoms with Crippen molar-refractivity contribution in [2.45, 2.75) is 6.92 Å². The lowest BCUT2D eigenvalue weighted by Crippen LogP contribution is -2.15. The zero-order valence-corrected chi connectivity index (χ0v) is 10.4. The Morgan fingerprint density at radius 3 is 1.61 bits per heavy atom. The number of Topliss-reactive ketones (excluding diaryl/α,β-unsaturated/α-hetero) is 2. The molecule has 0 spiro atoms. The fourth-order valence-electron chi connectivity index (χ4n) is 1.67. The predicted molar refractivity (Wildman–Crippen MR) is 74.5 cm³/mol. The fraction of sp³-hybridized carbons (Fsp3) is 0.0667. The molecular weight excluding hydrogens is 223 g/mol. The Labute approximate surface area is 107 Å². The molecule has 0 N–H and O–H groups in total. The van der Waals surface area contributed by atoms with E-state index in [4.69, 9.17) is 0 Å². The molecule has 0 amide bonds. The molecule has 0 aliphatic rings. The Hall–Kier alpha value is -2.16. The number of carbonyl (C=O) groups is 2. The molecule has 2 nitrogen and oxygen atoms in total. The van der Waals surface area contributed by atoms with E-state index < -0.39 is 11.6 Å². The highest BCUT2D eigenvalue weighted by molar-refractivity contribution is 6.49. The van der Waals surface area contributed by atoms with Gasteiger partial charge in [-0.25, -0.2) is 0 Å². The fourth-order valence-corrected chi connectivity index (χ4v) is 1.67. The molecule has 0 aliphatic heterocycles. The van der Waals surface area contributed by atoms with Crippen molar-refractivity contribution in [3.8, 4) is 0 Å². The lowest BCUT2D eigenvalue weighted by Gasteiger charge is -2.02. The van der Waals surface area contributed by atoms with Gasteiger partial charge in [-0.2, -0.15) is 0 Å². The Bertz CT molecular complexity index is 527. The number of hydrogen-bond acceptors (Lipinski definition) is 2. The summed E-state index contributed by atoms with van der Waals surface area (Å²) in [6, 6.07) is 14.1. The van der Waals surface area contributed by atoms with E-state index in [1.807, 2.05) is 39.0 Å². The van der Waals surface area contributed by atoms with Crippen LogP contribution in [-0.4, -0.2) is 19.4 Å². The van der Waals surface area contributed by atoms with Gasteiger partial charge in [0.15, 0.2) is 0 Å². The van der Waals surface area contributed by atoms with Gasteiger partial charge in [0.25, 0.3) is 0 Å². The average Bonchev–Trinajstić information content (AvgIpc) is 2.39. The van der Waals surface area contributed by atoms with Crippen LogP contribution in [0, 0.1) is 6.92 Å². The standard InChI is InChI=1S/C15H13BO2/c1-10-2-4-11(5-3-10)14(17)15(18)12-6-8-13(16)9-7-12/h2-9H,16H2,1H3. The summed E-state index contributed by atoms with van der Waals surface area (Å²) < 4.78 is 0. The second kappa shape index (κ2) is 5.00. The van der Waals surface area contributed by atoms with Crippen molar-refractivity contribution >= 4 is 24.9 Å². The van der Waals surface area contributed by atoms with E-state index in [-0.39, 0.29) is 0 Å². The van der Waals surface area contributed by atoms with Crippen molar-refractivity contribution in [2.24, 2.45) is 0 Å². The Morgan fingerprint density at radius 1 is 0.778 bits per heavy atom. The average molecular weight is 236 g/mol. The van der Waals surface area contributed by atoms with Gasteiger partial charge >= 0.3 is 0 Å². The van der Waals surface area contributed by atoms with Crippen LogP contribution >= 0.6 is 0 Å². The van der Waals surface area contributed by atoms with E-state index in [0.29, 0.717) is 11.1 Å². The van der Waals surface area contributed by atoms with Crippen LogP contribution in [0.15, 0.2) is 48.5 Å². The molecule has 0 heterocycles. The summed E-state index contributed by atoms with van der Waals surface area (Å²) in [5.74, 6) is -0.919. The van der Waals surface area contributed by atoms with Crippen molar-refractivity contribution in [1.29, 1.82) is 0 Å². The Morgan fingerprint density at radius 2 is 1.17 bits per heavy atom. The van der Waals surface area contributed by atoms with Gasteiger partial charge in [0, 0.05) is 11.1 Å². The van der Waals surface area contributed by atoms with Crippen molar-refractivity contribution in [3.05, 3.63) is 65.2 Å². The molecule has 0 atom stereocenters. The van der Waals surface area contributed by atoms with Gasteiger partial charge in [-0.1, -0.05) is 59.6 Å². The van der Waals surface area contributed by atoms with Crippen LogP contribution in [-0.2, 0) is 0 Å². The number of rotatable bonds is 3. The molecule has 0 radical (unpaired) electrons. The highest BCUT2D eigenvalue weighted by atomic mass is 16.2. The summed E-state index contributed by atoms with van der Waals surface area (Å²) in [5.41, 5.74) is 3.00. The minimum Gasteiger partial charge on any atom is -0.285 e. The van der Waals surface area contributed by atoms with Gasteiger partial charge in [-0.05, 0) is 6.92 Å². The number of ketones is 2. The maximum absolute atomic E-state index is 12.0. The number of hydrogen-bond donors (Lipinski definition) is 0. The first-order valence-corrected chi connectivity index (χ1v) is 5.80. The topological polar surface area (TPSA) is 34.1 Å². The second-order valence-electron chi connectivity index (χ2n) is 4.39. The zero-order valence-electron chi connectivity index (χ0n) is 10.4. The van der Waals surface area contributed by atoms with Crippen LogP contribution in [0.5, 0.6) is 0 Å². The molecule has 2 aromatic rings. The van der Waals surface area contributed by atoms with E-state index in [2.05, 4.69) is 0 Å². The highest BCUT2D eigenvalue weighted by Crippen LogP contribution is 2.08. The van der Waals surface area contributed by atoms with Gasteiger partial charge in [0.05, 0.1) is 0 Å². The number of benzene rings is 2. The van der Waals surface area contributed by atoms with Crippen molar-refractivity contribution in [1.82, 2.24) is 0 Å². The molecule has 3 heteroatoms. The van der Waals surface area contributed by atoms with Crippen LogP contribution in [0.4, 0.5) is 0 Å². The Balaban J connectivity index is 2.26. The van der Waals surface area contributed by atoms with Crippen molar-refractivity contribution in [3.63, 3.8) is 0 Å². The van der Waals surface area contributed by atoms with Gasteiger partial charge in [-0.15, -0.1) is 0 Å². The van der Waals surface area contributed by atoms with Crippen molar-refractivity contribution < 1.29 is 9.59 Å². The largest absolute Gasteiger partial charge is 0.285 e. The number of aryl methyl sites for hydroxylation is 1. The van der Waals surface area contributed by atoms with Crippen LogP contribution < -0.4 is 5.46 Å². The first kappa shape index (κ1) is 12.3. The molecule has 18 heavy (non-hydrogen) atoms. The SMILES string of the molecule is Bc1ccc(C(=O)C(=O)c2ccc(C)cc2)cc1. The van der Waals surface area contributed by atoms with Crippen LogP contribution in [0.25, 0.3) is 0 Å². The smallest absolute Gasteiger partial charge is 0.233 e. The molecule has 2 aromatic carbocycles. The van der Waals surface area contributed by atoms with E-state index in [1.54, 1.807) is 24.3 Å². The lowest BCUT2D eigenvalue weighted by atomic mass is 9.93. The minimum atomic E-state index is -0.459. The molecule has 0 aliphatic carbocycles. The Kier molecular flexibility index (Phi) is 3.42. The number of carbonyl (C=O) groups excluding carboxylic acids is 2. The summed E-state index contributed by atoms with van der Waals surface area (Å²) in [5, 5.41) is 0.